The van der Waals surface area contributed by atoms with Gasteiger partial charge in [0.25, 0.3) is 5.91 Å². The van der Waals surface area contributed by atoms with Crippen molar-refractivity contribution in [3.63, 3.8) is 0 Å². The molecular weight excluding hydrogens is 515 g/mol. The zero-order chi connectivity index (χ0) is 24.6. The Labute approximate surface area is 203 Å². The summed E-state index contributed by atoms with van der Waals surface area (Å²) in [6.45, 7) is 0.689. The number of aromatic nitrogens is 2. The van der Waals surface area contributed by atoms with E-state index < -0.39 is 11.9 Å². The number of fused-ring (bicyclic) bond motifs is 1. The minimum atomic E-state index is -4.61. The lowest BCUT2D eigenvalue weighted by atomic mass is 9.88. The maximum atomic E-state index is 13.7. The number of carbonyl (C=O) groups excluding carboxylic acids is 1. The molecule has 34 heavy (non-hydrogen) atoms. The van der Waals surface area contributed by atoms with Crippen molar-refractivity contribution in [2.45, 2.75) is 24.5 Å². The summed E-state index contributed by atoms with van der Waals surface area (Å²) in [5.41, 5.74) is 1.97. The quantitative estimate of drug-likeness (QED) is 0.404. The molecule has 3 aromatic rings. The second kappa shape index (κ2) is 9.32. The predicted molar refractivity (Wildman–Crippen MR) is 124 cm³/mol. The number of ether oxygens (including phenoxy) is 2. The van der Waals surface area contributed by atoms with Crippen molar-refractivity contribution in [1.82, 2.24) is 14.7 Å². The summed E-state index contributed by atoms with van der Waals surface area (Å²) >= 11 is 3.38. The summed E-state index contributed by atoms with van der Waals surface area (Å²) < 4.78 is 52.8. The van der Waals surface area contributed by atoms with Crippen LogP contribution < -0.4 is 9.47 Å². The minimum Gasteiger partial charge on any atom is -0.497 e. The van der Waals surface area contributed by atoms with Crippen molar-refractivity contribution >= 4 is 21.8 Å². The zero-order valence-corrected chi connectivity index (χ0v) is 20.5. The van der Waals surface area contributed by atoms with Gasteiger partial charge in [0.1, 0.15) is 11.5 Å². The zero-order valence-electron chi connectivity index (χ0n) is 18.9. The lowest BCUT2D eigenvalue weighted by Crippen LogP contribution is -2.37. The Morgan fingerprint density at radius 2 is 1.65 bits per heavy atom. The molecule has 10 heteroatoms. The summed E-state index contributed by atoms with van der Waals surface area (Å²) in [4.78, 5) is 15.2. The number of rotatable bonds is 6. The van der Waals surface area contributed by atoms with Crippen LogP contribution >= 0.6 is 15.9 Å². The van der Waals surface area contributed by atoms with Gasteiger partial charge in [-0.15, -0.1) is 0 Å². The van der Waals surface area contributed by atoms with Crippen LogP contribution in [0, 0.1) is 0 Å². The third-order valence-electron chi connectivity index (χ3n) is 5.79. The third kappa shape index (κ3) is 4.64. The topological polar surface area (TPSA) is 56.6 Å². The molecule has 1 amide bonds. The molecule has 0 radical (unpaired) electrons. The Hall–Kier alpha value is -3.01. The van der Waals surface area contributed by atoms with Crippen LogP contribution in [0.5, 0.6) is 11.5 Å². The van der Waals surface area contributed by atoms with Gasteiger partial charge in [-0.2, -0.15) is 18.3 Å². The molecule has 0 fully saturated rings. The van der Waals surface area contributed by atoms with E-state index in [1.54, 1.807) is 37.3 Å². The number of benzene rings is 2. The van der Waals surface area contributed by atoms with Crippen LogP contribution in [-0.4, -0.2) is 41.4 Å². The van der Waals surface area contributed by atoms with Gasteiger partial charge < -0.3 is 14.4 Å². The molecule has 2 heterocycles. The summed E-state index contributed by atoms with van der Waals surface area (Å²) in [5.74, 6) is 0.989. The Morgan fingerprint density at radius 1 is 1.00 bits per heavy atom. The lowest BCUT2D eigenvalue weighted by molar-refractivity contribution is -0.140. The molecule has 1 aliphatic heterocycles. The van der Waals surface area contributed by atoms with Crippen LogP contribution in [0.25, 0.3) is 11.1 Å². The van der Waals surface area contributed by atoms with Gasteiger partial charge in [0, 0.05) is 48.9 Å². The Morgan fingerprint density at radius 3 is 2.24 bits per heavy atom. The van der Waals surface area contributed by atoms with Gasteiger partial charge >= 0.3 is 6.18 Å². The Balaban J connectivity index is 1.75. The van der Waals surface area contributed by atoms with Crippen LogP contribution in [-0.2, 0) is 31.5 Å². The molecule has 0 saturated carbocycles. The Kier molecular flexibility index (Phi) is 6.62. The molecule has 1 aromatic heterocycles. The van der Waals surface area contributed by atoms with E-state index in [9.17, 15) is 18.0 Å². The number of hydrogen-bond donors (Lipinski definition) is 0. The maximum Gasteiger partial charge on any atom is 0.435 e. The number of aryl methyl sites for hydroxylation is 1. The van der Waals surface area contributed by atoms with Crippen LogP contribution in [0.15, 0.2) is 36.5 Å². The summed E-state index contributed by atoms with van der Waals surface area (Å²) in [7, 11) is 4.56. The first-order valence-electron chi connectivity index (χ1n) is 10.5. The summed E-state index contributed by atoms with van der Waals surface area (Å²) in [5, 5.41) is 4.04. The average molecular weight is 538 g/mol. The molecule has 0 atom stereocenters. The van der Waals surface area contributed by atoms with E-state index in [0.29, 0.717) is 58.6 Å². The highest BCUT2D eigenvalue weighted by molar-refractivity contribution is 9.08. The van der Waals surface area contributed by atoms with E-state index in [1.165, 1.54) is 13.2 Å². The highest BCUT2D eigenvalue weighted by atomic mass is 79.9. The van der Waals surface area contributed by atoms with Crippen LogP contribution in [0.1, 0.15) is 32.7 Å². The van der Waals surface area contributed by atoms with Crippen LogP contribution in [0.3, 0.4) is 0 Å². The second-order valence-electron chi connectivity index (χ2n) is 8.06. The molecule has 2 aromatic carbocycles. The second-order valence-corrected chi connectivity index (χ2v) is 8.62. The van der Waals surface area contributed by atoms with E-state index in [2.05, 4.69) is 21.0 Å². The number of amides is 1. The first-order valence-corrected chi connectivity index (χ1v) is 11.6. The molecule has 1 aliphatic rings. The fraction of sp³-hybridized carbons (Fsp3) is 0.333. The minimum absolute atomic E-state index is 0.0205. The first kappa shape index (κ1) is 24.1. The number of halogens is 4. The van der Waals surface area contributed by atoms with Gasteiger partial charge in [0.05, 0.1) is 14.2 Å². The molecule has 0 N–H and O–H groups in total. The van der Waals surface area contributed by atoms with Gasteiger partial charge in [-0.25, -0.2) is 0 Å². The number of alkyl halides is 4. The van der Waals surface area contributed by atoms with Crippen molar-refractivity contribution in [3.8, 4) is 22.6 Å². The smallest absolute Gasteiger partial charge is 0.435 e. The largest absolute Gasteiger partial charge is 0.497 e. The first-order chi connectivity index (χ1) is 16.1. The van der Waals surface area contributed by atoms with Gasteiger partial charge in [-0.05, 0) is 52.9 Å². The predicted octanol–water partition coefficient (Wildman–Crippen LogP) is 5.22. The lowest BCUT2D eigenvalue weighted by Gasteiger charge is -2.30. The highest BCUT2D eigenvalue weighted by Crippen LogP contribution is 2.40. The molecule has 6 nitrogen and oxygen atoms in total. The van der Waals surface area contributed by atoms with Crippen molar-refractivity contribution in [2.24, 2.45) is 7.05 Å². The average Bonchev–Trinajstić information content (AvgIpc) is 3.22. The van der Waals surface area contributed by atoms with Gasteiger partial charge in [-0.1, -0.05) is 15.9 Å². The molecule has 0 unspecified atom stereocenters. The molecule has 0 saturated heterocycles. The molecule has 0 spiro atoms. The normalized spacial score (nSPS) is 13.7. The molecule has 180 valence electrons. The van der Waals surface area contributed by atoms with Crippen molar-refractivity contribution in [2.75, 3.05) is 20.8 Å². The molecular formula is C24H23BrF3N3O3. The van der Waals surface area contributed by atoms with Crippen molar-refractivity contribution < 1.29 is 27.4 Å². The summed E-state index contributed by atoms with van der Waals surface area (Å²) in [6.07, 6.45) is -2.83. The summed E-state index contributed by atoms with van der Waals surface area (Å²) in [6, 6.07) is 8.86. The van der Waals surface area contributed by atoms with Gasteiger partial charge in [0.2, 0.25) is 0 Å². The molecule has 0 aliphatic carbocycles. The Bertz CT molecular complexity index is 1220. The SMILES string of the molecule is COc1cc(CN2CCc3c(cc(CBr)cc3-c3cn(C)nc3C(F)(F)F)C2=O)cc(OC)c1. The number of methoxy groups -OCH3 is 2. The monoisotopic (exact) mass is 537 g/mol. The van der Waals surface area contributed by atoms with Crippen molar-refractivity contribution in [1.29, 1.82) is 0 Å². The molecule has 4 rings (SSSR count). The van der Waals surface area contributed by atoms with Crippen LogP contribution in [0.4, 0.5) is 13.2 Å². The number of carbonyl (C=O) groups is 1. The highest BCUT2D eigenvalue weighted by Gasteiger charge is 2.39. The third-order valence-corrected chi connectivity index (χ3v) is 6.43. The number of nitrogens with zero attached hydrogens (tertiary/aromatic N) is 3. The maximum absolute atomic E-state index is 13.7. The van der Waals surface area contributed by atoms with Gasteiger partial charge in [0.15, 0.2) is 5.69 Å². The standard InChI is InChI=1S/C24H23BrF3N3O3/c1-30-13-21(22(29-30)24(26,27)28)19-8-14(11-25)9-20-18(19)4-5-31(23(20)32)12-15-6-16(33-2)10-17(7-15)34-3/h6-10,13H,4-5,11-12H2,1-3H3. The van der Waals surface area contributed by atoms with E-state index in [-0.39, 0.29) is 11.5 Å². The fourth-order valence-corrected chi connectivity index (χ4v) is 4.58. The van der Waals surface area contributed by atoms with E-state index >= 15 is 0 Å². The molecule has 0 bridgehead atoms. The van der Waals surface area contributed by atoms with E-state index in [0.717, 1.165) is 10.2 Å². The van der Waals surface area contributed by atoms with Crippen molar-refractivity contribution in [3.05, 3.63) is 64.5 Å². The van der Waals surface area contributed by atoms with Gasteiger partial charge in [-0.3, -0.25) is 9.48 Å². The van der Waals surface area contributed by atoms with E-state index in [1.807, 2.05) is 12.1 Å². The van der Waals surface area contributed by atoms with E-state index in [4.69, 9.17) is 9.47 Å². The number of hydrogen-bond acceptors (Lipinski definition) is 4. The fourth-order valence-electron chi connectivity index (χ4n) is 4.25. The van der Waals surface area contributed by atoms with Crippen LogP contribution in [0.2, 0.25) is 0 Å².